The Hall–Kier alpha value is -2.60. The molecule has 1 heterocycles. The maximum atomic E-state index is 14.1. The zero-order valence-electron chi connectivity index (χ0n) is 13.0. The molecular formula is C17H14ClFN2O3. The van der Waals surface area contributed by atoms with Crippen LogP contribution in [-0.2, 0) is 11.3 Å². The molecule has 0 spiro atoms. The number of ether oxygens (including phenoxy) is 2. The fourth-order valence-corrected chi connectivity index (χ4v) is 2.62. The summed E-state index contributed by atoms with van der Waals surface area (Å²) in [6.45, 7) is 0.143. The van der Waals surface area contributed by atoms with Crippen molar-refractivity contribution in [2.24, 2.45) is 0 Å². The first kappa shape index (κ1) is 16.3. The third-order valence-corrected chi connectivity index (χ3v) is 3.91. The molecule has 0 N–H and O–H groups in total. The highest BCUT2D eigenvalue weighted by molar-refractivity contribution is 6.30. The number of carbonyl (C=O) groups is 1. The van der Waals surface area contributed by atoms with Crippen molar-refractivity contribution in [3.63, 3.8) is 0 Å². The molecule has 2 aromatic carbocycles. The van der Waals surface area contributed by atoms with Crippen molar-refractivity contribution in [2.45, 2.75) is 6.54 Å². The average molecular weight is 349 g/mol. The second-order valence-corrected chi connectivity index (χ2v) is 5.55. The molecule has 5 nitrogen and oxygen atoms in total. The van der Waals surface area contributed by atoms with Gasteiger partial charge in [0.15, 0.2) is 5.69 Å². The monoisotopic (exact) mass is 348 g/mol. The summed E-state index contributed by atoms with van der Waals surface area (Å²) < 4.78 is 25.6. The molecule has 0 aliphatic carbocycles. The highest BCUT2D eigenvalue weighted by Crippen LogP contribution is 2.26. The van der Waals surface area contributed by atoms with Crippen LogP contribution in [0.5, 0.6) is 5.75 Å². The minimum atomic E-state index is -0.555. The average Bonchev–Trinajstić information content (AvgIpc) is 2.94. The first-order valence-electron chi connectivity index (χ1n) is 7.10. The van der Waals surface area contributed by atoms with Gasteiger partial charge >= 0.3 is 5.97 Å². The molecule has 1 aromatic heterocycles. The summed E-state index contributed by atoms with van der Waals surface area (Å²) in [6.07, 6.45) is 0. The van der Waals surface area contributed by atoms with Crippen LogP contribution in [0.1, 0.15) is 16.1 Å². The molecule has 3 aromatic rings. The van der Waals surface area contributed by atoms with Gasteiger partial charge < -0.3 is 9.47 Å². The molecule has 124 valence electrons. The summed E-state index contributed by atoms with van der Waals surface area (Å²) >= 11 is 5.78. The van der Waals surface area contributed by atoms with Crippen LogP contribution in [0.15, 0.2) is 36.4 Å². The second kappa shape index (κ2) is 6.49. The number of hydrogen-bond donors (Lipinski definition) is 0. The van der Waals surface area contributed by atoms with Crippen LogP contribution in [0.4, 0.5) is 4.39 Å². The third kappa shape index (κ3) is 2.92. The van der Waals surface area contributed by atoms with Crippen molar-refractivity contribution < 1.29 is 18.7 Å². The Labute approximate surface area is 142 Å². The van der Waals surface area contributed by atoms with E-state index in [0.717, 1.165) is 0 Å². The van der Waals surface area contributed by atoms with Gasteiger partial charge in [0, 0.05) is 22.0 Å². The molecule has 0 aliphatic heterocycles. The Bertz CT molecular complexity index is 924. The van der Waals surface area contributed by atoms with Gasteiger partial charge in [-0.15, -0.1) is 0 Å². The molecule has 0 bridgehead atoms. The number of aromatic nitrogens is 2. The van der Waals surface area contributed by atoms with Gasteiger partial charge in [-0.2, -0.15) is 5.10 Å². The predicted octanol–water partition coefficient (Wildman–Crippen LogP) is 3.67. The molecule has 0 amide bonds. The molecule has 7 heteroatoms. The maximum Gasteiger partial charge on any atom is 0.359 e. The van der Waals surface area contributed by atoms with Crippen LogP contribution in [-0.4, -0.2) is 30.0 Å². The first-order chi connectivity index (χ1) is 11.5. The van der Waals surface area contributed by atoms with E-state index in [1.54, 1.807) is 37.4 Å². The number of hydrogen-bond acceptors (Lipinski definition) is 4. The Kier molecular flexibility index (Phi) is 4.40. The standard InChI is InChI=1S/C17H14ClFN2O3/c1-23-12-5-6-13-15(8-12)21(20-16(13)17(22)24-2)9-10-3-4-11(18)7-14(10)19/h3-8H,9H2,1-2H3. The largest absolute Gasteiger partial charge is 0.497 e. The number of fused-ring (bicyclic) bond motifs is 1. The molecule has 0 fully saturated rings. The smallest absolute Gasteiger partial charge is 0.359 e. The Morgan fingerprint density at radius 2 is 2.04 bits per heavy atom. The Morgan fingerprint density at radius 3 is 2.71 bits per heavy atom. The number of halogens is 2. The molecule has 0 unspecified atom stereocenters. The van der Waals surface area contributed by atoms with Crippen LogP contribution in [0.3, 0.4) is 0 Å². The normalized spacial score (nSPS) is 10.8. The van der Waals surface area contributed by atoms with Crippen molar-refractivity contribution >= 4 is 28.5 Å². The zero-order chi connectivity index (χ0) is 17.3. The number of nitrogens with zero attached hydrogens (tertiary/aromatic N) is 2. The lowest BCUT2D eigenvalue weighted by Gasteiger charge is -2.06. The molecule has 0 saturated heterocycles. The molecular weight excluding hydrogens is 335 g/mol. The summed E-state index contributed by atoms with van der Waals surface area (Å²) in [6, 6.07) is 9.62. The number of carbonyl (C=O) groups excluding carboxylic acids is 1. The summed E-state index contributed by atoms with van der Waals surface area (Å²) in [4.78, 5) is 11.9. The highest BCUT2D eigenvalue weighted by Gasteiger charge is 2.19. The summed E-state index contributed by atoms with van der Waals surface area (Å²) in [5.41, 5.74) is 1.22. The summed E-state index contributed by atoms with van der Waals surface area (Å²) in [7, 11) is 2.83. The molecule has 0 atom stereocenters. The third-order valence-electron chi connectivity index (χ3n) is 3.67. The topological polar surface area (TPSA) is 53.3 Å². The SMILES string of the molecule is COC(=O)c1nn(Cc2ccc(Cl)cc2F)c2cc(OC)ccc12. The number of rotatable bonds is 4. The zero-order valence-corrected chi connectivity index (χ0v) is 13.8. The lowest BCUT2D eigenvalue weighted by molar-refractivity contribution is 0.0595. The van der Waals surface area contributed by atoms with E-state index >= 15 is 0 Å². The highest BCUT2D eigenvalue weighted by atomic mass is 35.5. The van der Waals surface area contributed by atoms with E-state index in [4.69, 9.17) is 21.1 Å². The minimum Gasteiger partial charge on any atom is -0.497 e. The number of benzene rings is 2. The van der Waals surface area contributed by atoms with E-state index in [2.05, 4.69) is 5.10 Å². The van der Waals surface area contributed by atoms with Gasteiger partial charge in [0.25, 0.3) is 0 Å². The first-order valence-corrected chi connectivity index (χ1v) is 7.48. The quantitative estimate of drug-likeness (QED) is 0.675. The lowest BCUT2D eigenvalue weighted by atomic mass is 10.2. The van der Waals surface area contributed by atoms with Crippen LogP contribution < -0.4 is 4.74 Å². The fourth-order valence-electron chi connectivity index (χ4n) is 2.46. The van der Waals surface area contributed by atoms with Crippen LogP contribution in [0, 0.1) is 5.82 Å². The second-order valence-electron chi connectivity index (χ2n) is 5.12. The van der Waals surface area contributed by atoms with Crippen LogP contribution >= 0.6 is 11.6 Å². The van der Waals surface area contributed by atoms with Gasteiger partial charge in [0.1, 0.15) is 11.6 Å². The number of esters is 1. The Morgan fingerprint density at radius 1 is 1.25 bits per heavy atom. The van der Waals surface area contributed by atoms with E-state index in [0.29, 0.717) is 27.2 Å². The van der Waals surface area contributed by atoms with Gasteiger partial charge in [-0.1, -0.05) is 17.7 Å². The molecule has 0 aliphatic rings. The molecule has 0 radical (unpaired) electrons. The van der Waals surface area contributed by atoms with Gasteiger partial charge in [-0.3, -0.25) is 4.68 Å². The van der Waals surface area contributed by atoms with Gasteiger partial charge in [0.05, 0.1) is 26.3 Å². The van der Waals surface area contributed by atoms with Gasteiger partial charge in [-0.05, 0) is 24.3 Å². The van der Waals surface area contributed by atoms with Gasteiger partial charge in [0.2, 0.25) is 0 Å². The van der Waals surface area contributed by atoms with Crippen molar-refractivity contribution in [3.05, 3.63) is 58.5 Å². The van der Waals surface area contributed by atoms with E-state index in [1.165, 1.54) is 17.9 Å². The van der Waals surface area contributed by atoms with Crippen molar-refractivity contribution in [2.75, 3.05) is 14.2 Å². The van der Waals surface area contributed by atoms with Crippen molar-refractivity contribution in [1.29, 1.82) is 0 Å². The molecule has 3 rings (SSSR count). The van der Waals surface area contributed by atoms with E-state index in [9.17, 15) is 9.18 Å². The summed E-state index contributed by atoms with van der Waals surface area (Å²) in [5.74, 6) is -0.384. The van der Waals surface area contributed by atoms with Crippen LogP contribution in [0.25, 0.3) is 10.9 Å². The predicted molar refractivity (Wildman–Crippen MR) is 88.1 cm³/mol. The van der Waals surface area contributed by atoms with Crippen molar-refractivity contribution in [3.8, 4) is 5.75 Å². The van der Waals surface area contributed by atoms with Crippen molar-refractivity contribution in [1.82, 2.24) is 9.78 Å². The van der Waals surface area contributed by atoms with Gasteiger partial charge in [-0.25, -0.2) is 9.18 Å². The fraction of sp³-hybridized carbons (Fsp3) is 0.176. The Balaban J connectivity index is 2.13. The maximum absolute atomic E-state index is 14.1. The number of methoxy groups -OCH3 is 2. The van der Waals surface area contributed by atoms with E-state index in [-0.39, 0.29) is 12.2 Å². The molecule has 24 heavy (non-hydrogen) atoms. The molecule has 0 saturated carbocycles. The van der Waals surface area contributed by atoms with E-state index < -0.39 is 11.8 Å². The van der Waals surface area contributed by atoms with E-state index in [1.807, 2.05) is 0 Å². The summed E-state index contributed by atoms with van der Waals surface area (Å²) in [5, 5.41) is 5.21. The lowest BCUT2D eigenvalue weighted by Crippen LogP contribution is -2.07. The van der Waals surface area contributed by atoms with Crippen LogP contribution in [0.2, 0.25) is 5.02 Å². The minimum absolute atomic E-state index is 0.143.